The summed E-state index contributed by atoms with van der Waals surface area (Å²) in [5.41, 5.74) is 1.16. The van der Waals surface area contributed by atoms with Gasteiger partial charge in [-0.15, -0.1) is 0 Å². The number of hydrogen-bond acceptors (Lipinski definition) is 3. The highest BCUT2D eigenvalue weighted by Gasteiger charge is 2.12. The van der Waals surface area contributed by atoms with Gasteiger partial charge < -0.3 is 0 Å². The number of benzene rings is 1. The summed E-state index contributed by atoms with van der Waals surface area (Å²) >= 11 is 17.8. The van der Waals surface area contributed by atoms with Crippen LogP contribution in [0, 0.1) is 0 Å². The molecule has 3 aromatic rings. The van der Waals surface area contributed by atoms with E-state index >= 15 is 0 Å². The minimum absolute atomic E-state index is 0.304. The van der Waals surface area contributed by atoms with E-state index in [0.717, 1.165) is 0 Å². The van der Waals surface area contributed by atoms with E-state index in [0.29, 0.717) is 31.8 Å². The number of halogens is 3. The highest BCUT2D eigenvalue weighted by atomic mass is 35.5. The first kappa shape index (κ1) is 13.4. The lowest BCUT2D eigenvalue weighted by molar-refractivity contribution is 0.884. The third-order valence-corrected chi connectivity index (χ3v) is 3.37. The second kappa shape index (κ2) is 5.05. The highest BCUT2D eigenvalue weighted by Crippen LogP contribution is 2.27. The van der Waals surface area contributed by atoms with Crippen LogP contribution in [0.15, 0.2) is 41.5 Å². The van der Waals surface area contributed by atoms with E-state index in [1.54, 1.807) is 30.3 Å². The van der Waals surface area contributed by atoms with Crippen LogP contribution in [-0.4, -0.2) is 14.6 Å². The monoisotopic (exact) mass is 325 g/mol. The van der Waals surface area contributed by atoms with Gasteiger partial charge in [0.25, 0.3) is 5.56 Å². The van der Waals surface area contributed by atoms with E-state index in [2.05, 4.69) is 10.1 Å². The minimum Gasteiger partial charge on any atom is -0.267 e. The van der Waals surface area contributed by atoms with Crippen molar-refractivity contribution in [3.8, 4) is 11.1 Å². The van der Waals surface area contributed by atoms with Crippen molar-refractivity contribution in [3.05, 3.63) is 62.2 Å². The van der Waals surface area contributed by atoms with Gasteiger partial charge in [0.2, 0.25) is 0 Å². The van der Waals surface area contributed by atoms with E-state index in [1.165, 1.54) is 10.8 Å². The molecule has 2 aromatic heterocycles. The summed E-state index contributed by atoms with van der Waals surface area (Å²) < 4.78 is 1.44. The number of hydrogen-bond donors (Lipinski definition) is 0. The van der Waals surface area contributed by atoms with Crippen LogP contribution in [0.4, 0.5) is 0 Å². The van der Waals surface area contributed by atoms with Gasteiger partial charge in [0.1, 0.15) is 11.5 Å². The van der Waals surface area contributed by atoms with Crippen LogP contribution in [-0.2, 0) is 0 Å². The molecular weight excluding hydrogens is 321 g/mol. The maximum absolute atomic E-state index is 12.1. The SMILES string of the molecule is O=c1ncn2nc(Cl)ccc2c1-c1cc(Cl)cc(Cl)c1. The van der Waals surface area contributed by atoms with Crippen LogP contribution in [0.2, 0.25) is 15.2 Å². The largest absolute Gasteiger partial charge is 0.281 e. The molecule has 7 heteroatoms. The van der Waals surface area contributed by atoms with Crippen molar-refractivity contribution in [1.29, 1.82) is 0 Å². The van der Waals surface area contributed by atoms with Gasteiger partial charge in [-0.3, -0.25) is 4.79 Å². The molecule has 0 saturated carbocycles. The van der Waals surface area contributed by atoms with Crippen molar-refractivity contribution in [2.75, 3.05) is 0 Å². The molecule has 1 aromatic carbocycles. The van der Waals surface area contributed by atoms with E-state index in [4.69, 9.17) is 34.8 Å². The Labute approximate surface area is 128 Å². The first-order chi connectivity index (χ1) is 9.54. The third kappa shape index (κ3) is 2.38. The Morgan fingerprint density at radius 3 is 2.40 bits per heavy atom. The molecule has 0 aliphatic carbocycles. The van der Waals surface area contributed by atoms with Gasteiger partial charge in [0, 0.05) is 10.0 Å². The average molecular weight is 327 g/mol. The van der Waals surface area contributed by atoms with Gasteiger partial charge in [0.05, 0.1) is 11.1 Å². The molecule has 0 saturated heterocycles. The standard InChI is InChI=1S/C13H6Cl3N3O/c14-8-3-7(4-9(15)5-8)12-10-1-2-11(16)18-19(10)6-17-13(12)20/h1-6H. The molecule has 0 fully saturated rings. The van der Waals surface area contributed by atoms with Crippen LogP contribution in [0.1, 0.15) is 0 Å². The number of aromatic nitrogens is 3. The zero-order chi connectivity index (χ0) is 14.3. The lowest BCUT2D eigenvalue weighted by Gasteiger charge is -2.07. The molecule has 0 spiro atoms. The summed E-state index contributed by atoms with van der Waals surface area (Å²) in [4.78, 5) is 15.9. The van der Waals surface area contributed by atoms with Crippen molar-refractivity contribution in [3.63, 3.8) is 0 Å². The summed E-state index contributed by atoms with van der Waals surface area (Å²) in [6.45, 7) is 0. The van der Waals surface area contributed by atoms with Gasteiger partial charge in [0.15, 0.2) is 0 Å². The fourth-order valence-electron chi connectivity index (χ4n) is 1.95. The van der Waals surface area contributed by atoms with Gasteiger partial charge >= 0.3 is 0 Å². The molecule has 0 N–H and O–H groups in total. The summed E-state index contributed by atoms with van der Waals surface area (Å²) in [6.07, 6.45) is 1.32. The van der Waals surface area contributed by atoms with Gasteiger partial charge in [-0.05, 0) is 35.9 Å². The zero-order valence-electron chi connectivity index (χ0n) is 9.85. The first-order valence-corrected chi connectivity index (χ1v) is 6.68. The Kier molecular flexibility index (Phi) is 3.38. The average Bonchev–Trinajstić information content (AvgIpc) is 2.37. The lowest BCUT2D eigenvalue weighted by atomic mass is 10.1. The molecule has 0 bridgehead atoms. The van der Waals surface area contributed by atoms with Crippen molar-refractivity contribution in [2.24, 2.45) is 0 Å². The van der Waals surface area contributed by atoms with Gasteiger partial charge in [-0.1, -0.05) is 34.8 Å². The Morgan fingerprint density at radius 2 is 1.70 bits per heavy atom. The fraction of sp³-hybridized carbons (Fsp3) is 0. The van der Waals surface area contributed by atoms with Gasteiger partial charge in [-0.25, -0.2) is 4.52 Å². The Hall–Kier alpha value is -1.62. The topological polar surface area (TPSA) is 47.3 Å². The summed E-state index contributed by atoms with van der Waals surface area (Å²) in [5.74, 6) is 0. The van der Waals surface area contributed by atoms with Crippen LogP contribution in [0.5, 0.6) is 0 Å². The molecule has 0 amide bonds. The zero-order valence-corrected chi connectivity index (χ0v) is 12.1. The molecule has 0 unspecified atom stereocenters. The Bertz CT molecular complexity index is 856. The smallest absolute Gasteiger partial charge is 0.267 e. The van der Waals surface area contributed by atoms with Crippen LogP contribution in [0.25, 0.3) is 16.6 Å². The van der Waals surface area contributed by atoms with Crippen LogP contribution < -0.4 is 5.56 Å². The van der Waals surface area contributed by atoms with Gasteiger partial charge in [-0.2, -0.15) is 10.1 Å². The number of rotatable bonds is 1. The van der Waals surface area contributed by atoms with Crippen molar-refractivity contribution < 1.29 is 0 Å². The minimum atomic E-state index is -0.382. The molecule has 0 aliphatic rings. The van der Waals surface area contributed by atoms with Crippen molar-refractivity contribution in [1.82, 2.24) is 14.6 Å². The Morgan fingerprint density at radius 1 is 1.00 bits per heavy atom. The van der Waals surface area contributed by atoms with E-state index in [-0.39, 0.29) is 5.56 Å². The third-order valence-electron chi connectivity index (χ3n) is 2.73. The molecule has 20 heavy (non-hydrogen) atoms. The summed E-state index contributed by atoms with van der Waals surface area (Å²) in [6, 6.07) is 8.20. The van der Waals surface area contributed by atoms with E-state index < -0.39 is 0 Å². The van der Waals surface area contributed by atoms with E-state index in [9.17, 15) is 4.79 Å². The molecule has 4 nitrogen and oxygen atoms in total. The molecule has 0 aliphatic heterocycles. The number of nitrogens with zero attached hydrogens (tertiary/aromatic N) is 3. The van der Waals surface area contributed by atoms with Crippen LogP contribution in [0.3, 0.4) is 0 Å². The predicted molar refractivity (Wildman–Crippen MR) is 79.7 cm³/mol. The molecule has 2 heterocycles. The maximum Gasteiger partial charge on any atom is 0.281 e. The molecule has 100 valence electrons. The second-order valence-electron chi connectivity index (χ2n) is 4.07. The van der Waals surface area contributed by atoms with Crippen molar-refractivity contribution in [2.45, 2.75) is 0 Å². The van der Waals surface area contributed by atoms with Crippen molar-refractivity contribution >= 4 is 40.3 Å². The summed E-state index contributed by atoms with van der Waals surface area (Å²) in [7, 11) is 0. The predicted octanol–water partition coefficient (Wildman–Crippen LogP) is 3.72. The molecule has 3 rings (SSSR count). The molecular formula is C13H6Cl3N3O. The normalized spacial score (nSPS) is 10.9. The molecule has 0 atom stereocenters. The highest BCUT2D eigenvalue weighted by molar-refractivity contribution is 6.35. The maximum atomic E-state index is 12.1. The van der Waals surface area contributed by atoms with E-state index in [1.807, 2.05) is 0 Å². The Balaban J connectivity index is 2.40. The summed E-state index contributed by atoms with van der Waals surface area (Å²) in [5, 5.41) is 5.25. The first-order valence-electron chi connectivity index (χ1n) is 5.55. The van der Waals surface area contributed by atoms with Crippen LogP contribution >= 0.6 is 34.8 Å². The number of fused-ring (bicyclic) bond motifs is 1. The second-order valence-corrected chi connectivity index (χ2v) is 5.33. The molecule has 0 radical (unpaired) electrons. The lowest BCUT2D eigenvalue weighted by Crippen LogP contribution is -2.13. The fourth-order valence-corrected chi connectivity index (χ4v) is 2.62. The quantitative estimate of drug-likeness (QED) is 0.685.